The predicted molar refractivity (Wildman–Crippen MR) is 88.8 cm³/mol. The number of carbonyl (C=O) groups excluding carboxylic acids is 1. The number of hydrogen-bond donors (Lipinski definition) is 2. The minimum atomic E-state index is -4.49. The summed E-state index contributed by atoms with van der Waals surface area (Å²) in [4.78, 5) is 16.1. The maximum atomic E-state index is 13.1. The van der Waals surface area contributed by atoms with E-state index in [-0.39, 0.29) is 17.9 Å². The normalized spacial score (nSPS) is 11.2. The van der Waals surface area contributed by atoms with E-state index in [4.69, 9.17) is 4.42 Å². The molecule has 8 heteroatoms. The van der Waals surface area contributed by atoms with Gasteiger partial charge in [0, 0.05) is 11.9 Å². The highest BCUT2D eigenvalue weighted by Gasteiger charge is 2.33. The second-order valence-corrected chi connectivity index (χ2v) is 5.36. The third-order valence-corrected chi connectivity index (χ3v) is 3.51. The monoisotopic (exact) mass is 361 g/mol. The number of para-hydroxylation sites is 1. The molecule has 0 fully saturated rings. The summed E-state index contributed by atoms with van der Waals surface area (Å²) in [5.41, 5.74) is -0.500. The highest BCUT2D eigenvalue weighted by molar-refractivity contribution is 5.93. The molecule has 1 aromatic carbocycles. The van der Waals surface area contributed by atoms with Crippen molar-refractivity contribution in [3.05, 3.63) is 78.0 Å². The van der Waals surface area contributed by atoms with Crippen molar-refractivity contribution in [1.29, 1.82) is 0 Å². The second-order valence-electron chi connectivity index (χ2n) is 5.36. The van der Waals surface area contributed by atoms with Crippen LogP contribution >= 0.6 is 0 Å². The van der Waals surface area contributed by atoms with Crippen molar-refractivity contribution in [2.24, 2.45) is 0 Å². The molecule has 0 unspecified atom stereocenters. The number of amides is 1. The first-order valence-corrected chi connectivity index (χ1v) is 7.63. The SMILES string of the molecule is O=C(NCc1ccco1)c1cc(Nc2ccccc2C(F)(F)F)ccn1. The second kappa shape index (κ2) is 7.30. The van der Waals surface area contributed by atoms with Gasteiger partial charge in [-0.15, -0.1) is 0 Å². The van der Waals surface area contributed by atoms with Crippen LogP contribution in [0.15, 0.2) is 65.4 Å². The molecule has 0 saturated carbocycles. The number of nitrogens with zero attached hydrogens (tertiary/aromatic N) is 1. The Morgan fingerprint density at radius 3 is 2.65 bits per heavy atom. The van der Waals surface area contributed by atoms with Crippen LogP contribution in [0.5, 0.6) is 0 Å². The molecule has 1 amide bonds. The number of benzene rings is 1. The number of nitrogens with one attached hydrogen (secondary N) is 2. The van der Waals surface area contributed by atoms with E-state index in [0.29, 0.717) is 11.4 Å². The topological polar surface area (TPSA) is 67.2 Å². The quantitative estimate of drug-likeness (QED) is 0.708. The summed E-state index contributed by atoms with van der Waals surface area (Å²) in [5, 5.41) is 5.31. The molecule has 5 nitrogen and oxygen atoms in total. The third-order valence-electron chi connectivity index (χ3n) is 3.51. The number of pyridine rings is 1. The average Bonchev–Trinajstić information content (AvgIpc) is 3.13. The van der Waals surface area contributed by atoms with E-state index < -0.39 is 17.6 Å². The van der Waals surface area contributed by atoms with Crippen LogP contribution in [0.3, 0.4) is 0 Å². The maximum absolute atomic E-state index is 13.1. The number of anilines is 2. The minimum Gasteiger partial charge on any atom is -0.467 e. The molecule has 0 radical (unpaired) electrons. The summed E-state index contributed by atoms with van der Waals surface area (Å²) in [6.45, 7) is 0.183. The largest absolute Gasteiger partial charge is 0.467 e. The number of halogens is 3. The fraction of sp³-hybridized carbons (Fsp3) is 0.111. The van der Waals surface area contributed by atoms with Crippen molar-refractivity contribution in [3.8, 4) is 0 Å². The van der Waals surface area contributed by atoms with Gasteiger partial charge in [-0.25, -0.2) is 0 Å². The van der Waals surface area contributed by atoms with Gasteiger partial charge in [0.25, 0.3) is 5.91 Å². The van der Waals surface area contributed by atoms with Crippen LogP contribution in [0, 0.1) is 0 Å². The molecule has 134 valence electrons. The van der Waals surface area contributed by atoms with Crippen LogP contribution in [-0.4, -0.2) is 10.9 Å². The zero-order valence-electron chi connectivity index (χ0n) is 13.4. The summed E-state index contributed by atoms with van der Waals surface area (Å²) in [7, 11) is 0. The third kappa shape index (κ3) is 4.21. The molecule has 0 saturated heterocycles. The Kier molecular flexibility index (Phi) is 4.92. The first-order valence-electron chi connectivity index (χ1n) is 7.63. The lowest BCUT2D eigenvalue weighted by Crippen LogP contribution is -2.23. The fourth-order valence-corrected chi connectivity index (χ4v) is 2.30. The maximum Gasteiger partial charge on any atom is 0.418 e. The van der Waals surface area contributed by atoms with Gasteiger partial charge in [-0.1, -0.05) is 12.1 Å². The molecular weight excluding hydrogens is 347 g/mol. The van der Waals surface area contributed by atoms with Crippen molar-refractivity contribution < 1.29 is 22.4 Å². The number of hydrogen-bond acceptors (Lipinski definition) is 4. The smallest absolute Gasteiger partial charge is 0.418 e. The Morgan fingerprint density at radius 2 is 1.92 bits per heavy atom. The van der Waals surface area contributed by atoms with Crippen molar-refractivity contribution >= 4 is 17.3 Å². The first kappa shape index (κ1) is 17.5. The Hall–Kier alpha value is -3.29. The molecule has 0 spiro atoms. The molecule has 2 heterocycles. The van der Waals surface area contributed by atoms with Crippen LogP contribution in [0.4, 0.5) is 24.5 Å². The Labute approximate surface area is 146 Å². The standard InChI is InChI=1S/C18H14F3N3O2/c19-18(20,21)14-5-1-2-6-15(14)24-12-7-8-22-16(10-12)17(25)23-11-13-4-3-9-26-13/h1-10H,11H2,(H,22,24)(H,23,25). The van der Waals surface area contributed by atoms with Gasteiger partial charge in [0.1, 0.15) is 11.5 Å². The zero-order valence-corrected chi connectivity index (χ0v) is 13.4. The van der Waals surface area contributed by atoms with Crippen molar-refractivity contribution in [2.45, 2.75) is 12.7 Å². The van der Waals surface area contributed by atoms with E-state index in [2.05, 4.69) is 15.6 Å². The predicted octanol–water partition coefficient (Wildman–Crippen LogP) is 4.37. The van der Waals surface area contributed by atoms with Crippen LogP contribution < -0.4 is 10.6 Å². The lowest BCUT2D eigenvalue weighted by atomic mass is 10.1. The highest BCUT2D eigenvalue weighted by atomic mass is 19.4. The molecule has 0 aliphatic carbocycles. The molecule has 0 atom stereocenters. The molecule has 2 aromatic heterocycles. The summed E-state index contributed by atoms with van der Waals surface area (Å²) >= 11 is 0. The molecule has 2 N–H and O–H groups in total. The van der Waals surface area contributed by atoms with Gasteiger partial charge >= 0.3 is 6.18 Å². The molecular formula is C18H14F3N3O2. The molecule has 0 aliphatic heterocycles. The molecule has 26 heavy (non-hydrogen) atoms. The van der Waals surface area contributed by atoms with Gasteiger partial charge in [-0.3, -0.25) is 9.78 Å². The van der Waals surface area contributed by atoms with E-state index in [0.717, 1.165) is 6.07 Å². The van der Waals surface area contributed by atoms with E-state index in [1.807, 2.05) is 0 Å². The van der Waals surface area contributed by atoms with Gasteiger partial charge in [0.2, 0.25) is 0 Å². The van der Waals surface area contributed by atoms with E-state index in [1.54, 1.807) is 12.1 Å². The summed E-state index contributed by atoms with van der Waals surface area (Å²) < 4.78 is 44.3. The number of carbonyl (C=O) groups is 1. The molecule has 3 rings (SSSR count). The minimum absolute atomic E-state index is 0.0750. The number of furan rings is 1. The fourth-order valence-electron chi connectivity index (χ4n) is 2.30. The van der Waals surface area contributed by atoms with Crippen molar-refractivity contribution in [2.75, 3.05) is 5.32 Å². The van der Waals surface area contributed by atoms with Gasteiger partial charge in [-0.05, 0) is 36.4 Å². The molecule has 3 aromatic rings. The van der Waals surface area contributed by atoms with Crippen LogP contribution in [0.2, 0.25) is 0 Å². The Bertz CT molecular complexity index is 893. The first-order chi connectivity index (χ1) is 12.4. The van der Waals surface area contributed by atoms with Crippen LogP contribution in [-0.2, 0) is 12.7 Å². The lowest BCUT2D eigenvalue weighted by molar-refractivity contribution is -0.136. The van der Waals surface area contributed by atoms with E-state index >= 15 is 0 Å². The van der Waals surface area contributed by atoms with Crippen molar-refractivity contribution in [3.63, 3.8) is 0 Å². The van der Waals surface area contributed by atoms with Gasteiger partial charge in [0.05, 0.1) is 24.1 Å². The lowest BCUT2D eigenvalue weighted by Gasteiger charge is -2.14. The van der Waals surface area contributed by atoms with Crippen molar-refractivity contribution in [1.82, 2.24) is 10.3 Å². The average molecular weight is 361 g/mol. The Balaban J connectivity index is 1.75. The number of rotatable bonds is 5. The van der Waals surface area contributed by atoms with E-state index in [1.165, 1.54) is 42.8 Å². The summed E-state index contributed by atoms with van der Waals surface area (Å²) in [6.07, 6.45) is -1.65. The van der Waals surface area contributed by atoms with Crippen LogP contribution in [0.25, 0.3) is 0 Å². The summed E-state index contributed by atoms with van der Waals surface area (Å²) in [5.74, 6) is 0.112. The highest BCUT2D eigenvalue weighted by Crippen LogP contribution is 2.35. The van der Waals surface area contributed by atoms with Gasteiger partial charge < -0.3 is 15.1 Å². The van der Waals surface area contributed by atoms with Crippen LogP contribution in [0.1, 0.15) is 21.8 Å². The molecule has 0 aliphatic rings. The number of alkyl halides is 3. The van der Waals surface area contributed by atoms with Gasteiger partial charge in [-0.2, -0.15) is 13.2 Å². The zero-order chi connectivity index (χ0) is 18.6. The molecule has 0 bridgehead atoms. The number of aromatic nitrogens is 1. The van der Waals surface area contributed by atoms with Gasteiger partial charge in [0.15, 0.2) is 0 Å². The Morgan fingerprint density at radius 1 is 1.12 bits per heavy atom. The van der Waals surface area contributed by atoms with E-state index in [9.17, 15) is 18.0 Å². The summed E-state index contributed by atoms with van der Waals surface area (Å²) in [6, 6.07) is 11.4.